The van der Waals surface area contributed by atoms with Gasteiger partial charge in [0.15, 0.2) is 0 Å². The predicted molar refractivity (Wildman–Crippen MR) is 66.6 cm³/mol. The number of halogens is 1. The first kappa shape index (κ1) is 15.2. The van der Waals surface area contributed by atoms with Crippen LogP contribution in [-0.4, -0.2) is 46.5 Å². The Morgan fingerprint density at radius 2 is 1.53 bits per heavy atom. The Kier molecular flexibility index (Phi) is 5.65. The number of nitrogens with one attached hydrogen (secondary N) is 1. The molecule has 1 heterocycles. The summed E-state index contributed by atoms with van der Waals surface area (Å²) in [6.07, 6.45) is 3.74. The van der Waals surface area contributed by atoms with E-state index in [4.69, 9.17) is 10.7 Å². The summed E-state index contributed by atoms with van der Waals surface area (Å²) in [7, 11) is -2.23. The van der Waals surface area contributed by atoms with Gasteiger partial charge in [-0.1, -0.05) is 12.8 Å². The lowest BCUT2D eigenvalue weighted by atomic mass is 10.2. The van der Waals surface area contributed by atoms with Crippen molar-refractivity contribution in [2.24, 2.45) is 0 Å². The molecule has 0 aliphatic carbocycles. The van der Waals surface area contributed by atoms with E-state index < -0.39 is 25.0 Å². The van der Waals surface area contributed by atoms with Crippen LogP contribution in [0.1, 0.15) is 25.7 Å². The van der Waals surface area contributed by atoms with Crippen LogP contribution in [0.2, 0.25) is 0 Å². The fourth-order valence-electron chi connectivity index (χ4n) is 1.67. The minimum atomic E-state index is -3.66. The highest BCUT2D eigenvalue weighted by Gasteiger charge is 2.22. The van der Waals surface area contributed by atoms with E-state index in [1.54, 1.807) is 0 Å². The topological polar surface area (TPSA) is 83.5 Å². The highest BCUT2D eigenvalue weighted by Crippen LogP contribution is 2.12. The van der Waals surface area contributed by atoms with Crippen molar-refractivity contribution in [2.45, 2.75) is 25.7 Å². The van der Waals surface area contributed by atoms with Crippen LogP contribution in [-0.2, 0) is 19.3 Å². The molecule has 1 aliphatic heterocycles. The average molecular weight is 305 g/mol. The molecule has 0 aromatic heterocycles. The average Bonchev–Trinajstić information content (AvgIpc) is 2.43. The Morgan fingerprint density at radius 3 is 2.00 bits per heavy atom. The van der Waals surface area contributed by atoms with Crippen LogP contribution < -0.4 is 4.72 Å². The van der Waals surface area contributed by atoms with Gasteiger partial charge in [0.05, 0.1) is 5.75 Å². The summed E-state index contributed by atoms with van der Waals surface area (Å²) in [5.41, 5.74) is 0. The summed E-state index contributed by atoms with van der Waals surface area (Å²) in [5, 5.41) is 0. The van der Waals surface area contributed by atoms with Gasteiger partial charge in [-0.15, -0.1) is 0 Å². The van der Waals surface area contributed by atoms with Gasteiger partial charge in [0.25, 0.3) is 10.2 Å². The van der Waals surface area contributed by atoms with Crippen molar-refractivity contribution in [1.82, 2.24) is 9.03 Å². The lowest BCUT2D eigenvalue weighted by Crippen LogP contribution is -2.42. The minimum absolute atomic E-state index is 0.190. The van der Waals surface area contributed by atoms with E-state index in [2.05, 4.69) is 4.72 Å². The van der Waals surface area contributed by atoms with Crippen LogP contribution in [0.4, 0.5) is 0 Å². The minimum Gasteiger partial charge on any atom is -0.212 e. The summed E-state index contributed by atoms with van der Waals surface area (Å²) in [5.74, 6) is -0.401. The maximum atomic E-state index is 11.8. The van der Waals surface area contributed by atoms with E-state index >= 15 is 0 Å². The zero-order valence-electron chi connectivity index (χ0n) is 9.43. The van der Waals surface area contributed by atoms with E-state index in [1.807, 2.05) is 0 Å². The highest BCUT2D eigenvalue weighted by molar-refractivity contribution is 8.13. The molecule has 0 aromatic rings. The fraction of sp³-hybridized carbons (Fsp3) is 1.00. The molecule has 17 heavy (non-hydrogen) atoms. The Labute approximate surface area is 107 Å². The smallest absolute Gasteiger partial charge is 0.212 e. The maximum Gasteiger partial charge on any atom is 0.279 e. The van der Waals surface area contributed by atoms with Crippen LogP contribution in [0.3, 0.4) is 0 Å². The predicted octanol–water partition coefficient (Wildman–Crippen LogP) is 0.265. The van der Waals surface area contributed by atoms with E-state index in [0.717, 1.165) is 25.7 Å². The molecule has 6 nitrogen and oxygen atoms in total. The molecule has 0 amide bonds. The first-order chi connectivity index (χ1) is 7.81. The van der Waals surface area contributed by atoms with Crippen molar-refractivity contribution in [3.63, 3.8) is 0 Å². The molecular formula is C8H17ClN2O4S2. The van der Waals surface area contributed by atoms with Gasteiger partial charge >= 0.3 is 0 Å². The third-order valence-electron chi connectivity index (χ3n) is 2.54. The summed E-state index contributed by atoms with van der Waals surface area (Å²) < 4.78 is 48.5. The van der Waals surface area contributed by atoms with Crippen molar-refractivity contribution < 1.29 is 16.8 Å². The summed E-state index contributed by atoms with van der Waals surface area (Å²) >= 11 is 0. The lowest BCUT2D eigenvalue weighted by Gasteiger charge is -2.19. The molecule has 0 bridgehead atoms. The Hall–Kier alpha value is 0.110. The van der Waals surface area contributed by atoms with E-state index in [-0.39, 0.29) is 6.54 Å². The molecule has 0 radical (unpaired) electrons. The van der Waals surface area contributed by atoms with Crippen molar-refractivity contribution in [3.05, 3.63) is 0 Å². The first-order valence-corrected chi connectivity index (χ1v) is 9.40. The summed E-state index contributed by atoms with van der Waals surface area (Å²) in [6.45, 7) is 0.788. The summed E-state index contributed by atoms with van der Waals surface area (Å²) in [6, 6.07) is 0. The van der Waals surface area contributed by atoms with Crippen molar-refractivity contribution in [1.29, 1.82) is 0 Å². The maximum absolute atomic E-state index is 11.8. The molecular weight excluding hydrogens is 288 g/mol. The number of nitrogens with zero attached hydrogens (tertiary/aromatic N) is 1. The molecule has 1 N–H and O–H groups in total. The lowest BCUT2D eigenvalue weighted by molar-refractivity contribution is 0.416. The van der Waals surface area contributed by atoms with Crippen LogP contribution in [0, 0.1) is 0 Å². The molecule has 0 saturated carbocycles. The molecule has 0 aromatic carbocycles. The van der Waals surface area contributed by atoms with Crippen molar-refractivity contribution >= 4 is 29.9 Å². The van der Waals surface area contributed by atoms with Crippen LogP contribution >= 0.6 is 10.7 Å². The molecule has 1 aliphatic rings. The molecule has 0 unspecified atom stereocenters. The molecule has 102 valence electrons. The first-order valence-electron chi connectivity index (χ1n) is 5.48. The highest BCUT2D eigenvalue weighted by atomic mass is 35.7. The van der Waals surface area contributed by atoms with Gasteiger partial charge in [0.1, 0.15) is 0 Å². The molecule has 0 atom stereocenters. The third kappa shape index (κ3) is 6.01. The van der Waals surface area contributed by atoms with Gasteiger partial charge < -0.3 is 0 Å². The van der Waals surface area contributed by atoms with Crippen molar-refractivity contribution in [2.75, 3.05) is 25.4 Å². The van der Waals surface area contributed by atoms with E-state index in [0.29, 0.717) is 13.1 Å². The zero-order valence-corrected chi connectivity index (χ0v) is 11.8. The second kappa shape index (κ2) is 6.33. The van der Waals surface area contributed by atoms with Gasteiger partial charge in [0.2, 0.25) is 9.05 Å². The van der Waals surface area contributed by atoms with Gasteiger partial charge in [-0.05, 0) is 12.8 Å². The molecule has 9 heteroatoms. The van der Waals surface area contributed by atoms with Gasteiger partial charge in [0, 0.05) is 30.3 Å². The molecule has 0 spiro atoms. The third-order valence-corrected chi connectivity index (χ3v) is 5.30. The van der Waals surface area contributed by atoms with Crippen molar-refractivity contribution in [3.8, 4) is 0 Å². The van der Waals surface area contributed by atoms with Gasteiger partial charge in [-0.25, -0.2) is 13.1 Å². The Balaban J connectivity index is 2.49. The van der Waals surface area contributed by atoms with Gasteiger partial charge in [-0.2, -0.15) is 12.7 Å². The second-order valence-corrected chi connectivity index (χ2v) is 8.61. The number of rotatable bonds is 5. The van der Waals surface area contributed by atoms with Crippen LogP contribution in [0.15, 0.2) is 0 Å². The summed E-state index contributed by atoms with van der Waals surface area (Å²) in [4.78, 5) is 0. The van der Waals surface area contributed by atoms with E-state index in [9.17, 15) is 16.8 Å². The normalized spacial score (nSPS) is 20.1. The van der Waals surface area contributed by atoms with Crippen LogP contribution in [0.25, 0.3) is 0 Å². The SMILES string of the molecule is O=S(=O)(Cl)CCNS(=O)(=O)N1CCCCCC1. The Bertz CT molecular complexity index is 426. The van der Waals surface area contributed by atoms with Crippen LogP contribution in [0.5, 0.6) is 0 Å². The fourth-order valence-corrected chi connectivity index (χ4v) is 3.65. The van der Waals surface area contributed by atoms with E-state index in [1.165, 1.54) is 4.31 Å². The monoisotopic (exact) mass is 304 g/mol. The molecule has 1 rings (SSSR count). The zero-order chi connectivity index (χ0) is 12.9. The second-order valence-electron chi connectivity index (χ2n) is 3.96. The standard InChI is InChI=1S/C8H17ClN2O4S2/c9-16(12,13)8-5-10-17(14,15)11-6-3-1-2-4-7-11/h10H,1-8H2. The largest absolute Gasteiger partial charge is 0.279 e. The quantitative estimate of drug-likeness (QED) is 0.739. The van der Waals surface area contributed by atoms with Gasteiger partial charge in [-0.3, -0.25) is 0 Å². The number of hydrogen-bond acceptors (Lipinski definition) is 4. The molecule has 1 fully saturated rings. The number of hydrogen-bond donors (Lipinski definition) is 1. The Morgan fingerprint density at radius 1 is 1.00 bits per heavy atom. The molecule has 1 saturated heterocycles.